The van der Waals surface area contributed by atoms with Crippen molar-refractivity contribution in [2.75, 3.05) is 24.5 Å². The highest BCUT2D eigenvalue weighted by Crippen LogP contribution is 2.24. The SMILES string of the molecule is CCCNCc1ccc(N2CCCC(CC)CC2)cc1. The Balaban J connectivity index is 1.88. The van der Waals surface area contributed by atoms with Crippen LogP contribution in [0.15, 0.2) is 24.3 Å². The van der Waals surface area contributed by atoms with Gasteiger partial charge in [-0.2, -0.15) is 0 Å². The fourth-order valence-corrected chi connectivity index (χ4v) is 3.07. The molecule has 1 aliphatic heterocycles. The minimum Gasteiger partial charge on any atom is -0.372 e. The largest absolute Gasteiger partial charge is 0.372 e. The van der Waals surface area contributed by atoms with Crippen LogP contribution in [0.4, 0.5) is 5.69 Å². The number of benzene rings is 1. The predicted octanol–water partition coefficient (Wildman–Crippen LogP) is 4.20. The van der Waals surface area contributed by atoms with Gasteiger partial charge in [0.05, 0.1) is 0 Å². The van der Waals surface area contributed by atoms with E-state index in [1.807, 2.05) is 0 Å². The predicted molar refractivity (Wildman–Crippen MR) is 88.3 cm³/mol. The molecule has 0 aromatic heterocycles. The Labute approximate surface area is 124 Å². The van der Waals surface area contributed by atoms with E-state index in [4.69, 9.17) is 0 Å². The Morgan fingerprint density at radius 2 is 1.90 bits per heavy atom. The molecule has 112 valence electrons. The molecule has 1 aliphatic rings. The molecular weight excluding hydrogens is 244 g/mol. The third-order valence-corrected chi connectivity index (χ3v) is 4.48. The van der Waals surface area contributed by atoms with Gasteiger partial charge >= 0.3 is 0 Å². The van der Waals surface area contributed by atoms with Gasteiger partial charge in [0.1, 0.15) is 0 Å². The van der Waals surface area contributed by atoms with Gasteiger partial charge in [0.2, 0.25) is 0 Å². The van der Waals surface area contributed by atoms with Crippen molar-refractivity contribution in [1.82, 2.24) is 5.32 Å². The Morgan fingerprint density at radius 1 is 1.10 bits per heavy atom. The topological polar surface area (TPSA) is 15.3 Å². The zero-order valence-electron chi connectivity index (χ0n) is 13.2. The molecule has 1 aromatic rings. The fourth-order valence-electron chi connectivity index (χ4n) is 3.07. The molecule has 0 aliphatic carbocycles. The van der Waals surface area contributed by atoms with Gasteiger partial charge in [-0.3, -0.25) is 0 Å². The lowest BCUT2D eigenvalue weighted by Gasteiger charge is -2.23. The van der Waals surface area contributed by atoms with Crippen LogP contribution in [0.2, 0.25) is 0 Å². The Morgan fingerprint density at radius 3 is 2.60 bits per heavy atom. The second-order valence-electron chi connectivity index (χ2n) is 6.04. The first-order valence-corrected chi connectivity index (χ1v) is 8.38. The molecule has 0 spiro atoms. The molecule has 1 N–H and O–H groups in total. The van der Waals surface area contributed by atoms with E-state index in [-0.39, 0.29) is 0 Å². The lowest BCUT2D eigenvalue weighted by atomic mass is 9.98. The first-order chi connectivity index (χ1) is 9.83. The van der Waals surface area contributed by atoms with Crippen LogP contribution in [-0.2, 0) is 6.54 Å². The van der Waals surface area contributed by atoms with E-state index in [1.165, 1.54) is 56.4 Å². The molecular formula is C18H30N2. The summed E-state index contributed by atoms with van der Waals surface area (Å²) in [5.74, 6) is 0.942. The van der Waals surface area contributed by atoms with Crippen LogP contribution in [0, 0.1) is 5.92 Å². The van der Waals surface area contributed by atoms with E-state index in [9.17, 15) is 0 Å². The van der Waals surface area contributed by atoms with Crippen LogP contribution >= 0.6 is 0 Å². The molecule has 0 radical (unpaired) electrons. The minimum absolute atomic E-state index is 0.942. The standard InChI is InChI=1S/C18H30N2/c1-3-12-19-15-17-7-9-18(10-8-17)20-13-5-6-16(4-2)11-14-20/h7-10,16,19H,3-6,11-15H2,1-2H3. The number of rotatable bonds is 6. The summed E-state index contributed by atoms with van der Waals surface area (Å²) in [4.78, 5) is 2.57. The van der Waals surface area contributed by atoms with E-state index in [1.54, 1.807) is 0 Å². The summed E-state index contributed by atoms with van der Waals surface area (Å²) in [7, 11) is 0. The molecule has 1 heterocycles. The van der Waals surface area contributed by atoms with Gasteiger partial charge in [-0.15, -0.1) is 0 Å². The van der Waals surface area contributed by atoms with E-state index in [2.05, 4.69) is 48.3 Å². The molecule has 1 saturated heterocycles. The summed E-state index contributed by atoms with van der Waals surface area (Å²) in [6, 6.07) is 9.16. The molecule has 2 nitrogen and oxygen atoms in total. The second-order valence-corrected chi connectivity index (χ2v) is 6.04. The van der Waals surface area contributed by atoms with Crippen molar-refractivity contribution in [3.8, 4) is 0 Å². The maximum Gasteiger partial charge on any atom is 0.0366 e. The normalized spacial score (nSPS) is 19.9. The molecule has 1 aromatic carbocycles. The van der Waals surface area contributed by atoms with Crippen molar-refractivity contribution < 1.29 is 0 Å². The number of hydrogen-bond donors (Lipinski definition) is 1. The van der Waals surface area contributed by atoms with Crippen molar-refractivity contribution in [1.29, 1.82) is 0 Å². The van der Waals surface area contributed by atoms with Gasteiger partial charge in [0, 0.05) is 25.3 Å². The molecule has 2 heteroatoms. The van der Waals surface area contributed by atoms with Gasteiger partial charge < -0.3 is 10.2 Å². The summed E-state index contributed by atoms with van der Waals surface area (Å²) in [6.07, 6.45) is 6.65. The Hall–Kier alpha value is -1.02. The Kier molecular flexibility index (Phi) is 6.38. The number of nitrogens with one attached hydrogen (secondary N) is 1. The number of hydrogen-bond acceptors (Lipinski definition) is 2. The highest BCUT2D eigenvalue weighted by molar-refractivity contribution is 5.47. The summed E-state index contributed by atoms with van der Waals surface area (Å²) in [6.45, 7) is 9.09. The molecule has 0 saturated carbocycles. The van der Waals surface area contributed by atoms with Crippen molar-refractivity contribution in [2.24, 2.45) is 5.92 Å². The van der Waals surface area contributed by atoms with E-state index >= 15 is 0 Å². The van der Waals surface area contributed by atoms with Gasteiger partial charge in [-0.25, -0.2) is 0 Å². The zero-order valence-corrected chi connectivity index (χ0v) is 13.2. The summed E-state index contributed by atoms with van der Waals surface area (Å²) >= 11 is 0. The number of anilines is 1. The molecule has 2 rings (SSSR count). The second kappa shape index (κ2) is 8.31. The van der Waals surface area contributed by atoms with Crippen LogP contribution in [0.25, 0.3) is 0 Å². The van der Waals surface area contributed by atoms with Crippen molar-refractivity contribution in [2.45, 2.75) is 52.5 Å². The first-order valence-electron chi connectivity index (χ1n) is 8.38. The highest BCUT2D eigenvalue weighted by atomic mass is 15.1. The van der Waals surface area contributed by atoms with Crippen LogP contribution in [-0.4, -0.2) is 19.6 Å². The van der Waals surface area contributed by atoms with Gasteiger partial charge in [-0.05, 0) is 55.8 Å². The smallest absolute Gasteiger partial charge is 0.0366 e. The van der Waals surface area contributed by atoms with E-state index < -0.39 is 0 Å². The molecule has 1 fully saturated rings. The van der Waals surface area contributed by atoms with Crippen LogP contribution in [0.5, 0.6) is 0 Å². The molecule has 1 unspecified atom stereocenters. The quantitative estimate of drug-likeness (QED) is 0.782. The highest BCUT2D eigenvalue weighted by Gasteiger charge is 2.15. The average Bonchev–Trinajstić information content (AvgIpc) is 2.74. The van der Waals surface area contributed by atoms with Gasteiger partial charge in [0.25, 0.3) is 0 Å². The van der Waals surface area contributed by atoms with Crippen molar-refractivity contribution in [3.63, 3.8) is 0 Å². The van der Waals surface area contributed by atoms with Gasteiger partial charge in [0.15, 0.2) is 0 Å². The van der Waals surface area contributed by atoms with Crippen molar-refractivity contribution in [3.05, 3.63) is 29.8 Å². The van der Waals surface area contributed by atoms with Gasteiger partial charge in [-0.1, -0.05) is 32.4 Å². The van der Waals surface area contributed by atoms with Crippen LogP contribution in [0.1, 0.15) is 51.5 Å². The van der Waals surface area contributed by atoms with E-state index in [0.29, 0.717) is 0 Å². The molecule has 1 atom stereocenters. The maximum absolute atomic E-state index is 3.46. The monoisotopic (exact) mass is 274 g/mol. The lowest BCUT2D eigenvalue weighted by molar-refractivity contribution is 0.459. The molecule has 0 amide bonds. The summed E-state index contributed by atoms with van der Waals surface area (Å²) < 4.78 is 0. The Bertz CT molecular complexity index is 372. The first kappa shape index (κ1) is 15.4. The minimum atomic E-state index is 0.942. The lowest BCUT2D eigenvalue weighted by Crippen LogP contribution is -2.24. The fraction of sp³-hybridized carbons (Fsp3) is 0.667. The summed E-state index contributed by atoms with van der Waals surface area (Å²) in [5, 5.41) is 3.46. The van der Waals surface area contributed by atoms with Crippen molar-refractivity contribution >= 4 is 5.69 Å². The summed E-state index contributed by atoms with van der Waals surface area (Å²) in [5.41, 5.74) is 2.80. The van der Waals surface area contributed by atoms with Crippen LogP contribution < -0.4 is 10.2 Å². The third-order valence-electron chi connectivity index (χ3n) is 4.48. The zero-order chi connectivity index (χ0) is 14.2. The molecule has 20 heavy (non-hydrogen) atoms. The number of nitrogens with zero attached hydrogens (tertiary/aromatic N) is 1. The van der Waals surface area contributed by atoms with E-state index in [0.717, 1.165) is 19.0 Å². The van der Waals surface area contributed by atoms with Crippen LogP contribution in [0.3, 0.4) is 0 Å². The third kappa shape index (κ3) is 4.52. The maximum atomic E-state index is 3.46. The molecule has 0 bridgehead atoms. The average molecular weight is 274 g/mol.